The van der Waals surface area contributed by atoms with Crippen LogP contribution in [0.4, 0.5) is 5.69 Å². The van der Waals surface area contributed by atoms with Crippen molar-refractivity contribution >= 4 is 33.2 Å². The molecule has 1 aromatic heterocycles. The highest BCUT2D eigenvalue weighted by Crippen LogP contribution is 2.27. The number of sulfone groups is 1. The lowest BCUT2D eigenvalue weighted by molar-refractivity contribution is -0.113. The summed E-state index contributed by atoms with van der Waals surface area (Å²) in [5.74, 6) is 0.00838. The number of amides is 1. The maximum Gasteiger partial charge on any atom is 0.277 e. The largest absolute Gasteiger partial charge is 0.411 e. The van der Waals surface area contributed by atoms with Crippen molar-refractivity contribution in [2.24, 2.45) is 0 Å². The molecule has 0 unspecified atom stereocenters. The van der Waals surface area contributed by atoms with E-state index in [0.29, 0.717) is 5.89 Å². The molecule has 0 bridgehead atoms. The number of aromatic nitrogens is 2. The fourth-order valence-corrected chi connectivity index (χ4v) is 4.11. The van der Waals surface area contributed by atoms with Gasteiger partial charge in [0.05, 0.1) is 16.3 Å². The summed E-state index contributed by atoms with van der Waals surface area (Å²) in [6, 6.07) is 14.2. The average molecular weight is 446 g/mol. The minimum atomic E-state index is -3.45. The Labute approximate surface area is 180 Å². The molecular weight excluding hydrogens is 422 g/mol. The lowest BCUT2D eigenvalue weighted by atomic mass is 9.87. The van der Waals surface area contributed by atoms with Gasteiger partial charge in [-0.15, -0.1) is 10.2 Å². The van der Waals surface area contributed by atoms with Crippen molar-refractivity contribution in [1.82, 2.24) is 10.2 Å². The van der Waals surface area contributed by atoms with Gasteiger partial charge < -0.3 is 9.73 Å². The van der Waals surface area contributed by atoms with Crippen LogP contribution in [0.2, 0.25) is 0 Å². The maximum absolute atomic E-state index is 12.3. The van der Waals surface area contributed by atoms with Crippen LogP contribution in [-0.4, -0.2) is 36.5 Å². The Kier molecular flexibility index (Phi) is 6.33. The Balaban J connectivity index is 1.63. The van der Waals surface area contributed by atoms with E-state index in [1.807, 2.05) is 24.3 Å². The highest BCUT2D eigenvalue weighted by molar-refractivity contribution is 7.99. The van der Waals surface area contributed by atoms with E-state index < -0.39 is 9.84 Å². The van der Waals surface area contributed by atoms with E-state index in [9.17, 15) is 13.2 Å². The monoisotopic (exact) mass is 445 g/mol. The number of carbonyl (C=O) groups excluding carboxylic acids is 1. The summed E-state index contributed by atoms with van der Waals surface area (Å²) in [6.07, 6.45) is 1.10. The van der Waals surface area contributed by atoms with Gasteiger partial charge in [-0.2, -0.15) is 0 Å². The number of rotatable bonds is 6. The lowest BCUT2D eigenvalue weighted by Crippen LogP contribution is -2.16. The second-order valence-electron chi connectivity index (χ2n) is 7.81. The Morgan fingerprint density at radius 2 is 1.73 bits per heavy atom. The third-order valence-electron chi connectivity index (χ3n) is 4.29. The van der Waals surface area contributed by atoms with E-state index >= 15 is 0 Å². The fourth-order valence-electron chi connectivity index (χ4n) is 2.70. The number of anilines is 1. The molecule has 0 saturated carbocycles. The van der Waals surface area contributed by atoms with Gasteiger partial charge in [-0.1, -0.05) is 56.8 Å². The third kappa shape index (κ3) is 5.48. The molecule has 0 saturated heterocycles. The molecule has 0 aliphatic carbocycles. The molecule has 7 nitrogen and oxygen atoms in total. The zero-order chi connectivity index (χ0) is 21.9. The minimum absolute atomic E-state index is 0.00267. The zero-order valence-electron chi connectivity index (χ0n) is 17.2. The fraction of sp³-hybridized carbons (Fsp3) is 0.286. The molecule has 0 radical (unpaired) electrons. The second-order valence-corrected chi connectivity index (χ2v) is 10.7. The van der Waals surface area contributed by atoms with Gasteiger partial charge in [-0.25, -0.2) is 8.42 Å². The molecule has 1 heterocycles. The zero-order valence-corrected chi connectivity index (χ0v) is 18.8. The van der Waals surface area contributed by atoms with Crippen molar-refractivity contribution in [2.75, 3.05) is 17.3 Å². The molecule has 2 aromatic carbocycles. The van der Waals surface area contributed by atoms with Crippen molar-refractivity contribution < 1.29 is 17.6 Å². The maximum atomic E-state index is 12.3. The lowest BCUT2D eigenvalue weighted by Gasteiger charge is -2.18. The van der Waals surface area contributed by atoms with E-state index in [-0.39, 0.29) is 32.9 Å². The molecule has 3 aromatic rings. The first-order chi connectivity index (χ1) is 14.0. The number of thioether (sulfide) groups is 1. The predicted molar refractivity (Wildman–Crippen MR) is 117 cm³/mol. The SMILES string of the molecule is CC(C)(C)c1ccc(-c2nnc(SCC(=O)Nc3ccccc3S(C)(=O)=O)o2)cc1. The van der Waals surface area contributed by atoms with Gasteiger partial charge in [0, 0.05) is 11.8 Å². The summed E-state index contributed by atoms with van der Waals surface area (Å²) in [4.78, 5) is 12.3. The van der Waals surface area contributed by atoms with Crippen LogP contribution in [0.5, 0.6) is 0 Å². The quantitative estimate of drug-likeness (QED) is 0.568. The van der Waals surface area contributed by atoms with Gasteiger partial charge in [0.25, 0.3) is 5.22 Å². The third-order valence-corrected chi connectivity index (χ3v) is 6.27. The van der Waals surface area contributed by atoms with Crippen LogP contribution in [0.1, 0.15) is 26.3 Å². The predicted octanol–water partition coefficient (Wildman–Crippen LogP) is 4.17. The molecule has 30 heavy (non-hydrogen) atoms. The highest BCUT2D eigenvalue weighted by atomic mass is 32.2. The average Bonchev–Trinajstić information content (AvgIpc) is 3.14. The van der Waals surface area contributed by atoms with Gasteiger partial charge >= 0.3 is 0 Å². The molecule has 9 heteroatoms. The van der Waals surface area contributed by atoms with E-state index in [2.05, 4.69) is 36.3 Å². The van der Waals surface area contributed by atoms with Crippen LogP contribution >= 0.6 is 11.8 Å². The second kappa shape index (κ2) is 8.61. The van der Waals surface area contributed by atoms with Crippen LogP contribution in [0.3, 0.4) is 0 Å². The molecule has 3 rings (SSSR count). The standard InChI is InChI=1S/C21H23N3O4S2/c1-21(2,3)15-11-9-14(10-12-15)19-23-24-20(28-19)29-13-18(25)22-16-7-5-6-8-17(16)30(4,26)27/h5-12H,13H2,1-4H3,(H,22,25). The minimum Gasteiger partial charge on any atom is -0.411 e. The van der Waals surface area contributed by atoms with E-state index in [4.69, 9.17) is 4.42 Å². The highest BCUT2D eigenvalue weighted by Gasteiger charge is 2.17. The summed E-state index contributed by atoms with van der Waals surface area (Å²) in [7, 11) is -3.45. The van der Waals surface area contributed by atoms with Gasteiger partial charge in [0.1, 0.15) is 0 Å². The number of benzene rings is 2. The number of carbonyl (C=O) groups is 1. The molecule has 0 aliphatic rings. The number of nitrogens with zero attached hydrogens (tertiary/aromatic N) is 2. The first-order valence-corrected chi connectivity index (χ1v) is 12.1. The van der Waals surface area contributed by atoms with E-state index in [1.54, 1.807) is 18.2 Å². The summed E-state index contributed by atoms with van der Waals surface area (Å²) in [5.41, 5.74) is 2.30. The molecular formula is C21H23N3O4S2. The molecule has 0 fully saturated rings. The van der Waals surface area contributed by atoms with Crippen LogP contribution in [-0.2, 0) is 20.0 Å². The molecule has 1 amide bonds. The van der Waals surface area contributed by atoms with Gasteiger partial charge in [-0.05, 0) is 35.2 Å². The smallest absolute Gasteiger partial charge is 0.277 e. The number of nitrogens with one attached hydrogen (secondary N) is 1. The van der Waals surface area contributed by atoms with Crippen molar-refractivity contribution in [3.63, 3.8) is 0 Å². The Hall–Kier alpha value is -2.65. The Morgan fingerprint density at radius 1 is 1.07 bits per heavy atom. The summed E-state index contributed by atoms with van der Waals surface area (Å²) >= 11 is 1.08. The van der Waals surface area contributed by atoms with Crippen LogP contribution in [0.15, 0.2) is 63.1 Å². The van der Waals surface area contributed by atoms with Gasteiger partial charge in [0.2, 0.25) is 11.8 Å². The summed E-state index contributed by atoms with van der Waals surface area (Å²) in [5, 5.41) is 10.9. The molecule has 0 spiro atoms. The van der Waals surface area contributed by atoms with Crippen molar-refractivity contribution in [3.05, 3.63) is 54.1 Å². The Morgan fingerprint density at radius 3 is 2.37 bits per heavy atom. The summed E-state index contributed by atoms with van der Waals surface area (Å²) in [6.45, 7) is 6.43. The van der Waals surface area contributed by atoms with Gasteiger partial charge in [0.15, 0.2) is 9.84 Å². The molecule has 0 aliphatic heterocycles. The normalized spacial score (nSPS) is 12.0. The summed E-state index contributed by atoms with van der Waals surface area (Å²) < 4.78 is 29.3. The van der Waals surface area contributed by atoms with Crippen molar-refractivity contribution in [2.45, 2.75) is 36.3 Å². The molecule has 158 valence electrons. The van der Waals surface area contributed by atoms with E-state index in [0.717, 1.165) is 23.6 Å². The van der Waals surface area contributed by atoms with Crippen molar-refractivity contribution in [1.29, 1.82) is 0 Å². The van der Waals surface area contributed by atoms with Gasteiger partial charge in [-0.3, -0.25) is 4.79 Å². The van der Waals surface area contributed by atoms with Crippen LogP contribution in [0.25, 0.3) is 11.5 Å². The first kappa shape index (κ1) is 22.0. The van der Waals surface area contributed by atoms with Crippen LogP contribution in [0, 0.1) is 0 Å². The molecule has 0 atom stereocenters. The Bertz CT molecular complexity index is 1150. The number of para-hydroxylation sites is 1. The van der Waals surface area contributed by atoms with Crippen LogP contribution < -0.4 is 5.32 Å². The topological polar surface area (TPSA) is 102 Å². The first-order valence-electron chi connectivity index (χ1n) is 9.20. The number of hydrogen-bond donors (Lipinski definition) is 1. The molecule has 1 N–H and O–H groups in total. The van der Waals surface area contributed by atoms with E-state index in [1.165, 1.54) is 11.6 Å². The number of hydrogen-bond acceptors (Lipinski definition) is 7. The van der Waals surface area contributed by atoms with Crippen molar-refractivity contribution in [3.8, 4) is 11.5 Å².